The first-order valence-electron chi connectivity index (χ1n) is 5.63. The van der Waals surface area contributed by atoms with Gasteiger partial charge in [0.25, 0.3) is 0 Å². The normalized spacial score (nSPS) is 11.2. The minimum atomic E-state index is -4.41. The van der Waals surface area contributed by atoms with Gasteiger partial charge in [0.05, 0.1) is 23.6 Å². The van der Waals surface area contributed by atoms with Crippen molar-refractivity contribution in [2.24, 2.45) is 0 Å². The van der Waals surface area contributed by atoms with E-state index >= 15 is 0 Å². The number of halogens is 3. The van der Waals surface area contributed by atoms with Gasteiger partial charge in [0.1, 0.15) is 0 Å². The van der Waals surface area contributed by atoms with Gasteiger partial charge in [-0.25, -0.2) is 9.97 Å². The molecule has 0 radical (unpaired) electrons. The van der Waals surface area contributed by atoms with Crippen molar-refractivity contribution in [1.82, 2.24) is 9.97 Å². The first-order valence-corrected chi connectivity index (χ1v) is 5.63. The van der Waals surface area contributed by atoms with Gasteiger partial charge < -0.3 is 5.32 Å². The lowest BCUT2D eigenvalue weighted by molar-refractivity contribution is -0.137. The summed E-state index contributed by atoms with van der Waals surface area (Å²) in [6.45, 7) is 1.33. The molecule has 0 atom stereocenters. The lowest BCUT2D eigenvalue weighted by Gasteiger charge is -2.08. The van der Waals surface area contributed by atoms with Crippen LogP contribution in [0.2, 0.25) is 0 Å². The predicted molar refractivity (Wildman–Crippen MR) is 66.8 cm³/mol. The van der Waals surface area contributed by atoms with Crippen LogP contribution in [-0.4, -0.2) is 15.9 Å². The number of carbonyl (C=O) groups excluding carboxylic acids is 1. The number of rotatable bonds is 2. The Kier molecular flexibility index (Phi) is 3.69. The van der Waals surface area contributed by atoms with Crippen LogP contribution in [0.1, 0.15) is 12.5 Å². The molecule has 7 heteroatoms. The Morgan fingerprint density at radius 2 is 1.85 bits per heavy atom. The van der Waals surface area contributed by atoms with E-state index in [1.165, 1.54) is 31.5 Å². The number of nitrogens with one attached hydrogen (secondary N) is 1. The SMILES string of the molecule is CC(=O)Nc1cnc(-c2cccc(C(F)(F)F)c2)nc1. The fourth-order valence-corrected chi connectivity index (χ4v) is 1.58. The molecule has 0 aliphatic heterocycles. The summed E-state index contributed by atoms with van der Waals surface area (Å²) in [4.78, 5) is 18.7. The van der Waals surface area contributed by atoms with Crippen LogP contribution in [-0.2, 0) is 11.0 Å². The van der Waals surface area contributed by atoms with Crippen LogP contribution in [0.25, 0.3) is 11.4 Å². The van der Waals surface area contributed by atoms with Crippen LogP contribution in [0.3, 0.4) is 0 Å². The molecule has 0 saturated carbocycles. The highest BCUT2D eigenvalue weighted by atomic mass is 19.4. The summed E-state index contributed by atoms with van der Waals surface area (Å²) in [7, 11) is 0. The molecule has 2 aromatic rings. The number of hydrogen-bond acceptors (Lipinski definition) is 3. The fraction of sp³-hybridized carbons (Fsp3) is 0.154. The number of anilines is 1. The molecule has 1 aromatic carbocycles. The Morgan fingerprint density at radius 3 is 2.40 bits per heavy atom. The van der Waals surface area contributed by atoms with Crippen molar-refractivity contribution < 1.29 is 18.0 Å². The summed E-state index contributed by atoms with van der Waals surface area (Å²) in [6.07, 6.45) is -1.74. The highest BCUT2D eigenvalue weighted by Crippen LogP contribution is 2.31. The van der Waals surface area contributed by atoms with E-state index in [-0.39, 0.29) is 17.3 Å². The number of aromatic nitrogens is 2. The molecule has 0 unspecified atom stereocenters. The third-order valence-electron chi connectivity index (χ3n) is 2.42. The van der Waals surface area contributed by atoms with Crippen molar-refractivity contribution in [2.75, 3.05) is 5.32 Å². The first-order chi connectivity index (χ1) is 9.36. The average Bonchev–Trinajstić information content (AvgIpc) is 2.38. The number of nitrogens with zero attached hydrogens (tertiary/aromatic N) is 2. The highest BCUT2D eigenvalue weighted by molar-refractivity contribution is 5.88. The highest BCUT2D eigenvalue weighted by Gasteiger charge is 2.30. The number of hydrogen-bond donors (Lipinski definition) is 1. The molecule has 0 saturated heterocycles. The molecular weight excluding hydrogens is 271 g/mol. The lowest BCUT2D eigenvalue weighted by atomic mass is 10.1. The number of benzene rings is 1. The topological polar surface area (TPSA) is 54.9 Å². The van der Waals surface area contributed by atoms with Gasteiger partial charge >= 0.3 is 6.18 Å². The second-order valence-electron chi connectivity index (χ2n) is 4.06. The Morgan fingerprint density at radius 1 is 1.20 bits per heavy atom. The second kappa shape index (κ2) is 5.28. The maximum atomic E-state index is 12.6. The lowest BCUT2D eigenvalue weighted by Crippen LogP contribution is -2.07. The van der Waals surface area contributed by atoms with E-state index < -0.39 is 11.7 Å². The van der Waals surface area contributed by atoms with E-state index in [2.05, 4.69) is 15.3 Å². The van der Waals surface area contributed by atoms with E-state index in [0.29, 0.717) is 5.69 Å². The Bertz CT molecular complexity index is 624. The number of amides is 1. The summed E-state index contributed by atoms with van der Waals surface area (Å²) >= 11 is 0. The number of alkyl halides is 3. The van der Waals surface area contributed by atoms with Crippen molar-refractivity contribution >= 4 is 11.6 Å². The van der Waals surface area contributed by atoms with E-state index in [1.807, 2.05) is 0 Å². The van der Waals surface area contributed by atoms with E-state index in [4.69, 9.17) is 0 Å². The van der Waals surface area contributed by atoms with Gasteiger partial charge in [-0.3, -0.25) is 4.79 Å². The van der Waals surface area contributed by atoms with Crippen LogP contribution >= 0.6 is 0 Å². The van der Waals surface area contributed by atoms with Crippen molar-refractivity contribution in [3.05, 3.63) is 42.2 Å². The van der Waals surface area contributed by atoms with Crippen LogP contribution in [0.5, 0.6) is 0 Å². The van der Waals surface area contributed by atoms with Gasteiger partial charge in [-0.2, -0.15) is 13.2 Å². The summed E-state index contributed by atoms with van der Waals surface area (Å²) in [6, 6.07) is 4.74. The van der Waals surface area contributed by atoms with E-state index in [9.17, 15) is 18.0 Å². The molecule has 1 amide bonds. The zero-order chi connectivity index (χ0) is 14.8. The molecule has 1 aromatic heterocycles. The molecular formula is C13H10F3N3O. The van der Waals surface area contributed by atoms with Crippen molar-refractivity contribution in [2.45, 2.75) is 13.1 Å². The van der Waals surface area contributed by atoms with E-state index in [0.717, 1.165) is 12.1 Å². The molecule has 0 fully saturated rings. The largest absolute Gasteiger partial charge is 0.416 e. The van der Waals surface area contributed by atoms with Gasteiger partial charge in [0.15, 0.2) is 5.82 Å². The standard InChI is InChI=1S/C13H10F3N3O/c1-8(20)19-11-6-17-12(18-7-11)9-3-2-4-10(5-9)13(14,15)16/h2-7H,1H3,(H,19,20). The van der Waals surface area contributed by atoms with Gasteiger partial charge in [-0.15, -0.1) is 0 Å². The smallest absolute Gasteiger partial charge is 0.324 e. The molecule has 2 rings (SSSR count). The monoisotopic (exact) mass is 281 g/mol. The van der Waals surface area contributed by atoms with Gasteiger partial charge in [-0.1, -0.05) is 12.1 Å². The minimum absolute atomic E-state index is 0.158. The van der Waals surface area contributed by atoms with Crippen LogP contribution in [0, 0.1) is 0 Å². The molecule has 20 heavy (non-hydrogen) atoms. The molecule has 0 aliphatic carbocycles. The molecule has 1 N–H and O–H groups in total. The van der Waals surface area contributed by atoms with Crippen LogP contribution in [0.15, 0.2) is 36.7 Å². The average molecular weight is 281 g/mol. The van der Waals surface area contributed by atoms with Crippen LogP contribution < -0.4 is 5.32 Å². The maximum absolute atomic E-state index is 12.6. The molecule has 0 bridgehead atoms. The third-order valence-corrected chi connectivity index (χ3v) is 2.42. The first kappa shape index (κ1) is 14.0. The predicted octanol–water partition coefficient (Wildman–Crippen LogP) is 3.12. The quantitative estimate of drug-likeness (QED) is 0.920. The third kappa shape index (κ3) is 3.31. The fourth-order valence-electron chi connectivity index (χ4n) is 1.58. The Labute approximate surface area is 112 Å². The molecule has 0 aliphatic rings. The molecule has 1 heterocycles. The van der Waals surface area contributed by atoms with Gasteiger partial charge in [0.2, 0.25) is 5.91 Å². The second-order valence-corrected chi connectivity index (χ2v) is 4.06. The summed E-state index contributed by atoms with van der Waals surface area (Å²) in [5, 5.41) is 2.48. The summed E-state index contributed by atoms with van der Waals surface area (Å²) < 4.78 is 37.8. The van der Waals surface area contributed by atoms with Crippen molar-refractivity contribution in [3.8, 4) is 11.4 Å². The van der Waals surface area contributed by atoms with Crippen LogP contribution in [0.4, 0.5) is 18.9 Å². The van der Waals surface area contributed by atoms with Gasteiger partial charge in [0, 0.05) is 12.5 Å². The zero-order valence-corrected chi connectivity index (χ0v) is 10.4. The molecule has 4 nitrogen and oxygen atoms in total. The van der Waals surface area contributed by atoms with Crippen molar-refractivity contribution in [1.29, 1.82) is 0 Å². The van der Waals surface area contributed by atoms with Gasteiger partial charge in [-0.05, 0) is 12.1 Å². The van der Waals surface area contributed by atoms with E-state index in [1.54, 1.807) is 0 Å². The Hall–Kier alpha value is -2.44. The zero-order valence-electron chi connectivity index (χ0n) is 10.4. The number of carbonyl (C=O) groups is 1. The van der Waals surface area contributed by atoms with Crippen molar-refractivity contribution in [3.63, 3.8) is 0 Å². The minimum Gasteiger partial charge on any atom is -0.324 e. The molecule has 0 spiro atoms. The molecule has 104 valence electrons. The Balaban J connectivity index is 2.30. The summed E-state index contributed by atoms with van der Waals surface area (Å²) in [5.41, 5.74) is -0.119. The maximum Gasteiger partial charge on any atom is 0.416 e. The summed E-state index contributed by atoms with van der Waals surface area (Å²) in [5.74, 6) is -0.120.